The van der Waals surface area contributed by atoms with Gasteiger partial charge >= 0.3 is 18.0 Å². The molecule has 2 rings (SSSR count). The molecule has 2 amide bonds. The van der Waals surface area contributed by atoms with E-state index in [-0.39, 0.29) is 11.4 Å². The number of ether oxygens (including phenoxy) is 1. The highest BCUT2D eigenvalue weighted by Gasteiger charge is 2.17. The zero-order chi connectivity index (χ0) is 21.2. The zero-order valence-electron chi connectivity index (χ0n) is 16.0. The molecule has 0 aliphatic carbocycles. The summed E-state index contributed by atoms with van der Waals surface area (Å²) >= 11 is 0. The van der Waals surface area contributed by atoms with Crippen LogP contribution in [-0.2, 0) is 4.79 Å². The summed E-state index contributed by atoms with van der Waals surface area (Å²) in [5, 5.41) is 20.3. The highest BCUT2D eigenvalue weighted by atomic mass is 16.5. The first kappa shape index (κ1) is 21.7. The van der Waals surface area contributed by atoms with Crippen molar-refractivity contribution in [3.05, 3.63) is 48.2 Å². The standard InChI is InChI=1S/C20H23N3O6/c1-2-3-4-11-23(15-6-8-16(9-7-15)29-13-18(24)25)20(28)22-17-10-5-14(12-21-17)19(26)27/h5-10,12H,2-4,11,13H2,1H3,(H,24,25)(H,26,27)(H,21,22,28). The molecule has 0 saturated carbocycles. The van der Waals surface area contributed by atoms with Gasteiger partial charge in [-0.2, -0.15) is 0 Å². The summed E-state index contributed by atoms with van der Waals surface area (Å²) in [6.45, 7) is 2.09. The fraction of sp³-hybridized carbons (Fsp3) is 0.300. The quantitative estimate of drug-likeness (QED) is 0.520. The molecule has 0 unspecified atom stereocenters. The fourth-order valence-corrected chi connectivity index (χ4v) is 2.51. The lowest BCUT2D eigenvalue weighted by atomic mass is 10.2. The fourth-order valence-electron chi connectivity index (χ4n) is 2.51. The minimum absolute atomic E-state index is 0.0275. The number of hydrogen-bond donors (Lipinski definition) is 3. The van der Waals surface area contributed by atoms with Crippen LogP contribution in [0.1, 0.15) is 36.5 Å². The van der Waals surface area contributed by atoms with Crippen LogP contribution in [0.25, 0.3) is 0 Å². The second-order valence-corrected chi connectivity index (χ2v) is 6.20. The van der Waals surface area contributed by atoms with E-state index < -0.39 is 24.6 Å². The number of carbonyl (C=O) groups is 3. The third kappa shape index (κ3) is 6.80. The Bertz CT molecular complexity index is 836. The summed E-state index contributed by atoms with van der Waals surface area (Å²) in [6, 6.07) is 8.91. The number of urea groups is 1. The minimum Gasteiger partial charge on any atom is -0.482 e. The van der Waals surface area contributed by atoms with Gasteiger partial charge in [-0.1, -0.05) is 19.8 Å². The van der Waals surface area contributed by atoms with Gasteiger partial charge in [-0.3, -0.25) is 10.2 Å². The third-order valence-corrected chi connectivity index (χ3v) is 3.99. The lowest BCUT2D eigenvalue weighted by molar-refractivity contribution is -0.139. The summed E-state index contributed by atoms with van der Waals surface area (Å²) in [5.74, 6) is -1.55. The summed E-state index contributed by atoms with van der Waals surface area (Å²) in [7, 11) is 0. The number of carboxylic acids is 2. The maximum atomic E-state index is 12.8. The number of aromatic nitrogens is 1. The van der Waals surface area contributed by atoms with Crippen molar-refractivity contribution in [1.82, 2.24) is 4.98 Å². The molecule has 29 heavy (non-hydrogen) atoms. The zero-order valence-corrected chi connectivity index (χ0v) is 16.0. The maximum absolute atomic E-state index is 12.8. The number of rotatable bonds is 10. The highest BCUT2D eigenvalue weighted by molar-refractivity contribution is 6.01. The van der Waals surface area contributed by atoms with Crippen LogP contribution >= 0.6 is 0 Å². The summed E-state index contributed by atoms with van der Waals surface area (Å²) in [5.41, 5.74) is 0.642. The highest BCUT2D eigenvalue weighted by Crippen LogP contribution is 2.21. The van der Waals surface area contributed by atoms with E-state index >= 15 is 0 Å². The van der Waals surface area contributed by atoms with Crippen LogP contribution in [-0.4, -0.2) is 46.3 Å². The molecular weight excluding hydrogens is 378 g/mol. The molecule has 9 heteroatoms. The number of anilines is 2. The molecule has 0 aliphatic rings. The molecule has 0 atom stereocenters. The van der Waals surface area contributed by atoms with E-state index in [0.717, 1.165) is 19.3 Å². The van der Waals surface area contributed by atoms with Gasteiger partial charge in [0.15, 0.2) is 6.61 Å². The number of carboxylic acid groups (broad SMARTS) is 2. The Morgan fingerprint density at radius 2 is 1.79 bits per heavy atom. The molecule has 0 fully saturated rings. The number of unbranched alkanes of at least 4 members (excludes halogenated alkanes) is 2. The Labute approximate surface area is 167 Å². The molecule has 1 heterocycles. The first-order chi connectivity index (χ1) is 13.9. The van der Waals surface area contributed by atoms with Gasteiger partial charge in [0.05, 0.1) is 5.56 Å². The van der Waals surface area contributed by atoms with Crippen molar-refractivity contribution < 1.29 is 29.3 Å². The number of benzene rings is 1. The van der Waals surface area contributed by atoms with E-state index in [1.807, 2.05) is 0 Å². The lowest BCUT2D eigenvalue weighted by Crippen LogP contribution is -2.36. The molecule has 9 nitrogen and oxygen atoms in total. The number of aliphatic carboxylic acids is 1. The van der Waals surface area contributed by atoms with Gasteiger partial charge in [0.2, 0.25) is 0 Å². The smallest absolute Gasteiger partial charge is 0.341 e. The predicted molar refractivity (Wildman–Crippen MR) is 107 cm³/mol. The van der Waals surface area contributed by atoms with Crippen molar-refractivity contribution in [3.8, 4) is 5.75 Å². The van der Waals surface area contributed by atoms with Crippen LogP contribution in [0.3, 0.4) is 0 Å². The molecule has 154 valence electrons. The minimum atomic E-state index is -1.10. The number of amides is 2. The maximum Gasteiger partial charge on any atom is 0.341 e. The Kier molecular flexibility index (Phi) is 7.96. The molecule has 1 aromatic heterocycles. The van der Waals surface area contributed by atoms with Crippen LogP contribution < -0.4 is 15.0 Å². The monoisotopic (exact) mass is 401 g/mol. The number of hydrogen-bond acceptors (Lipinski definition) is 5. The topological polar surface area (TPSA) is 129 Å². The number of aromatic carboxylic acids is 1. The van der Waals surface area contributed by atoms with Gasteiger partial charge in [0, 0.05) is 18.4 Å². The van der Waals surface area contributed by atoms with Gasteiger partial charge in [-0.25, -0.2) is 19.4 Å². The predicted octanol–water partition coefficient (Wildman–Crippen LogP) is 3.47. The summed E-state index contributed by atoms with van der Waals surface area (Å²) in [4.78, 5) is 39.8. The second-order valence-electron chi connectivity index (χ2n) is 6.20. The molecule has 1 aromatic carbocycles. The Balaban J connectivity index is 2.12. The largest absolute Gasteiger partial charge is 0.482 e. The van der Waals surface area contributed by atoms with Gasteiger partial charge in [-0.15, -0.1) is 0 Å². The average molecular weight is 401 g/mol. The molecule has 0 spiro atoms. The van der Waals surface area contributed by atoms with Crippen molar-refractivity contribution in [3.63, 3.8) is 0 Å². The van der Waals surface area contributed by atoms with Crippen molar-refractivity contribution in [2.75, 3.05) is 23.4 Å². The Hall–Kier alpha value is -3.62. The molecule has 0 saturated heterocycles. The van der Waals surface area contributed by atoms with Crippen molar-refractivity contribution >= 4 is 29.5 Å². The SMILES string of the molecule is CCCCCN(C(=O)Nc1ccc(C(=O)O)cn1)c1ccc(OCC(=O)O)cc1. The van der Waals surface area contributed by atoms with E-state index in [9.17, 15) is 14.4 Å². The number of carbonyl (C=O) groups excluding carboxylic acids is 1. The Morgan fingerprint density at radius 3 is 2.34 bits per heavy atom. The first-order valence-corrected chi connectivity index (χ1v) is 9.13. The van der Waals surface area contributed by atoms with Gasteiger partial charge in [0.1, 0.15) is 11.6 Å². The van der Waals surface area contributed by atoms with E-state index in [2.05, 4.69) is 17.2 Å². The third-order valence-electron chi connectivity index (χ3n) is 3.99. The molecule has 0 radical (unpaired) electrons. The molecule has 0 aliphatic heterocycles. The van der Waals surface area contributed by atoms with E-state index in [0.29, 0.717) is 18.0 Å². The molecule has 0 bridgehead atoms. The first-order valence-electron chi connectivity index (χ1n) is 9.13. The van der Waals surface area contributed by atoms with Crippen molar-refractivity contribution in [2.24, 2.45) is 0 Å². The average Bonchev–Trinajstić information content (AvgIpc) is 2.70. The second kappa shape index (κ2) is 10.6. The van der Waals surface area contributed by atoms with Gasteiger partial charge < -0.3 is 14.9 Å². The normalized spacial score (nSPS) is 10.2. The van der Waals surface area contributed by atoms with E-state index in [1.54, 1.807) is 29.2 Å². The van der Waals surface area contributed by atoms with Gasteiger partial charge in [0.25, 0.3) is 0 Å². The van der Waals surface area contributed by atoms with Crippen molar-refractivity contribution in [2.45, 2.75) is 26.2 Å². The molecule has 2 aromatic rings. The van der Waals surface area contributed by atoms with E-state index in [1.165, 1.54) is 18.3 Å². The Morgan fingerprint density at radius 1 is 1.07 bits per heavy atom. The van der Waals surface area contributed by atoms with Crippen molar-refractivity contribution in [1.29, 1.82) is 0 Å². The lowest BCUT2D eigenvalue weighted by Gasteiger charge is -2.23. The van der Waals surface area contributed by atoms with Crippen LogP contribution in [0, 0.1) is 0 Å². The van der Waals surface area contributed by atoms with Gasteiger partial charge in [-0.05, 0) is 42.8 Å². The number of nitrogens with one attached hydrogen (secondary N) is 1. The molecular formula is C20H23N3O6. The van der Waals surface area contributed by atoms with Crippen LogP contribution in [0.5, 0.6) is 5.75 Å². The van der Waals surface area contributed by atoms with Crippen LogP contribution in [0.2, 0.25) is 0 Å². The summed E-state index contributed by atoms with van der Waals surface area (Å²) < 4.78 is 5.11. The molecule has 3 N–H and O–H groups in total. The number of pyridine rings is 1. The van der Waals surface area contributed by atoms with E-state index in [4.69, 9.17) is 14.9 Å². The van der Waals surface area contributed by atoms with Crippen LogP contribution in [0.15, 0.2) is 42.6 Å². The summed E-state index contributed by atoms with van der Waals surface area (Å²) in [6.07, 6.45) is 3.92. The van der Waals surface area contributed by atoms with Crippen LogP contribution in [0.4, 0.5) is 16.3 Å². The number of nitrogens with zero attached hydrogens (tertiary/aromatic N) is 2.